The number of fused-ring (bicyclic) bond motifs is 1. The lowest BCUT2D eigenvalue weighted by molar-refractivity contribution is -0.146. The number of benzene rings is 1. The summed E-state index contributed by atoms with van der Waals surface area (Å²) in [6.07, 6.45) is 3.76. The van der Waals surface area contributed by atoms with Crippen molar-refractivity contribution in [2.75, 3.05) is 20.7 Å². The van der Waals surface area contributed by atoms with Gasteiger partial charge in [0.2, 0.25) is 0 Å². The molecule has 1 aromatic carbocycles. The number of urea groups is 1. The second-order valence-corrected chi connectivity index (χ2v) is 9.43. The normalized spacial score (nSPS) is 20.3. The quantitative estimate of drug-likeness (QED) is 0.621. The number of carbonyl (C=O) groups excluding carboxylic acids is 2. The molecule has 0 saturated heterocycles. The fourth-order valence-corrected chi connectivity index (χ4v) is 5.18. The maximum absolute atomic E-state index is 14.4. The van der Waals surface area contributed by atoms with Crippen LogP contribution < -0.4 is 0 Å². The van der Waals surface area contributed by atoms with Gasteiger partial charge in [-0.2, -0.15) is 5.10 Å². The topological polar surface area (TPSA) is 67.7 Å². The average Bonchev–Trinajstić information content (AvgIpc) is 3.14. The largest absolute Gasteiger partial charge is 0.469 e. The molecule has 2 amide bonds. The molecule has 1 aliphatic heterocycles. The molecule has 178 valence electrons. The third-order valence-electron chi connectivity index (χ3n) is 7.03. The maximum Gasteiger partial charge on any atom is 0.320 e. The molecule has 2 aromatic rings. The average molecular weight is 477 g/mol. The lowest BCUT2D eigenvalue weighted by Gasteiger charge is -2.38. The minimum atomic E-state index is -0.365. The first-order valence-corrected chi connectivity index (χ1v) is 11.7. The molecule has 1 aromatic heterocycles. The van der Waals surface area contributed by atoms with Crippen LogP contribution in [-0.4, -0.2) is 58.3 Å². The van der Waals surface area contributed by atoms with Crippen molar-refractivity contribution in [3.05, 3.63) is 51.6 Å². The smallest absolute Gasteiger partial charge is 0.320 e. The van der Waals surface area contributed by atoms with Gasteiger partial charge in [-0.15, -0.1) is 0 Å². The Hall–Kier alpha value is -2.61. The molecule has 1 saturated carbocycles. The number of carbonyl (C=O) groups is 2. The molecule has 0 atom stereocenters. The summed E-state index contributed by atoms with van der Waals surface area (Å²) in [6, 6.07) is 4.73. The molecule has 0 unspecified atom stereocenters. The molecular weight excluding hydrogens is 447 g/mol. The first kappa shape index (κ1) is 23.5. The molecule has 4 rings (SSSR count). The summed E-state index contributed by atoms with van der Waals surface area (Å²) in [5.74, 6) is -0.597. The van der Waals surface area contributed by atoms with Gasteiger partial charge in [0, 0.05) is 30.2 Å². The monoisotopic (exact) mass is 476 g/mol. The maximum atomic E-state index is 14.4. The Balaban J connectivity index is 1.45. The highest BCUT2D eigenvalue weighted by molar-refractivity contribution is 6.30. The minimum absolute atomic E-state index is 0.0229. The van der Waals surface area contributed by atoms with Crippen molar-refractivity contribution in [3.63, 3.8) is 0 Å². The Kier molecular flexibility index (Phi) is 6.93. The van der Waals surface area contributed by atoms with Gasteiger partial charge >= 0.3 is 12.0 Å². The summed E-state index contributed by atoms with van der Waals surface area (Å²) in [4.78, 5) is 28.7. The highest BCUT2D eigenvalue weighted by atomic mass is 35.5. The lowest BCUT2D eigenvalue weighted by atomic mass is 9.85. The molecular formula is C24H30ClFN4O3. The van der Waals surface area contributed by atoms with Crippen molar-refractivity contribution in [2.45, 2.75) is 58.2 Å². The molecule has 1 aliphatic carbocycles. The first-order valence-electron chi connectivity index (χ1n) is 11.4. The van der Waals surface area contributed by atoms with Crippen molar-refractivity contribution in [3.8, 4) is 0 Å². The van der Waals surface area contributed by atoms with E-state index in [0.29, 0.717) is 23.7 Å². The number of hydrogen-bond acceptors (Lipinski definition) is 4. The summed E-state index contributed by atoms with van der Waals surface area (Å²) >= 11 is 5.88. The number of esters is 1. The number of ether oxygens (including phenoxy) is 1. The van der Waals surface area contributed by atoms with Gasteiger partial charge in [-0.25, -0.2) is 9.18 Å². The molecule has 0 N–H and O–H groups in total. The molecule has 33 heavy (non-hydrogen) atoms. The van der Waals surface area contributed by atoms with Crippen LogP contribution in [0.5, 0.6) is 0 Å². The van der Waals surface area contributed by atoms with Crippen LogP contribution in [0.2, 0.25) is 5.02 Å². The number of rotatable bonds is 4. The summed E-state index contributed by atoms with van der Waals surface area (Å²) < 4.78 is 21.0. The minimum Gasteiger partial charge on any atom is -0.469 e. The number of halogens is 2. The van der Waals surface area contributed by atoms with Crippen molar-refractivity contribution >= 4 is 23.6 Å². The Labute approximate surface area is 198 Å². The van der Waals surface area contributed by atoms with Gasteiger partial charge in [-0.05, 0) is 56.7 Å². The van der Waals surface area contributed by atoms with Gasteiger partial charge in [-0.1, -0.05) is 17.7 Å². The van der Waals surface area contributed by atoms with Crippen molar-refractivity contribution in [1.82, 2.24) is 19.6 Å². The first-order chi connectivity index (χ1) is 15.8. The van der Waals surface area contributed by atoms with Crippen molar-refractivity contribution < 1.29 is 18.7 Å². The van der Waals surface area contributed by atoms with Crippen LogP contribution in [0.1, 0.15) is 48.2 Å². The highest BCUT2D eigenvalue weighted by Crippen LogP contribution is 2.30. The summed E-state index contributed by atoms with van der Waals surface area (Å²) in [6.45, 7) is 3.30. The van der Waals surface area contributed by atoms with E-state index in [9.17, 15) is 14.0 Å². The highest BCUT2D eigenvalue weighted by Gasteiger charge is 2.34. The zero-order valence-corrected chi connectivity index (χ0v) is 20.1. The van der Waals surface area contributed by atoms with Crippen LogP contribution in [0.25, 0.3) is 0 Å². The van der Waals surface area contributed by atoms with Crippen LogP contribution in [0, 0.1) is 18.7 Å². The second kappa shape index (κ2) is 9.71. The zero-order valence-electron chi connectivity index (χ0n) is 19.3. The van der Waals surface area contributed by atoms with Crippen molar-refractivity contribution in [1.29, 1.82) is 0 Å². The van der Waals surface area contributed by atoms with Gasteiger partial charge in [0.25, 0.3) is 0 Å². The molecule has 9 heteroatoms. The fraction of sp³-hybridized carbons (Fsp3) is 0.542. The van der Waals surface area contributed by atoms with E-state index in [0.717, 1.165) is 49.1 Å². The Morgan fingerprint density at radius 3 is 2.67 bits per heavy atom. The number of amides is 2. The summed E-state index contributed by atoms with van der Waals surface area (Å²) in [7, 11) is 3.26. The molecule has 2 heterocycles. The van der Waals surface area contributed by atoms with Gasteiger partial charge in [0.1, 0.15) is 5.82 Å². The van der Waals surface area contributed by atoms with Crippen LogP contribution >= 0.6 is 11.6 Å². The molecule has 7 nitrogen and oxygen atoms in total. The molecule has 2 aliphatic rings. The van der Waals surface area contributed by atoms with E-state index in [1.54, 1.807) is 16.8 Å². The standard InChI is InChI=1S/C24H30ClFN4O3/c1-15-20-10-11-29(24(32)28(2)19-8-5-16(6-9-19)23(31)33-3)14-22(20)30(27-15)13-17-4-7-18(25)12-21(17)26/h4,7,12,16,19H,5-6,8-11,13-14H2,1-3H3/t16-,19-. The number of aryl methyl sites for hydroxylation is 1. The Morgan fingerprint density at radius 1 is 1.27 bits per heavy atom. The van der Waals surface area contributed by atoms with E-state index < -0.39 is 0 Å². The van der Waals surface area contributed by atoms with Crippen molar-refractivity contribution in [2.24, 2.45) is 5.92 Å². The Morgan fingerprint density at radius 2 is 2.00 bits per heavy atom. The Bertz CT molecular complexity index is 1050. The summed E-state index contributed by atoms with van der Waals surface area (Å²) in [5, 5.41) is 4.99. The molecule has 0 bridgehead atoms. The van der Waals surface area contributed by atoms with E-state index in [1.807, 2.05) is 23.8 Å². The van der Waals surface area contributed by atoms with E-state index in [4.69, 9.17) is 16.3 Å². The molecule has 0 radical (unpaired) electrons. The van der Waals surface area contributed by atoms with Crippen LogP contribution in [0.3, 0.4) is 0 Å². The zero-order chi connectivity index (χ0) is 23.7. The van der Waals surface area contributed by atoms with Gasteiger partial charge in [0.15, 0.2) is 0 Å². The van der Waals surface area contributed by atoms with E-state index in [-0.39, 0.29) is 36.3 Å². The van der Waals surface area contributed by atoms with Gasteiger partial charge < -0.3 is 14.5 Å². The fourth-order valence-electron chi connectivity index (χ4n) is 5.03. The number of methoxy groups -OCH3 is 1. The third-order valence-corrected chi connectivity index (χ3v) is 7.26. The second-order valence-electron chi connectivity index (χ2n) is 9.00. The third kappa shape index (κ3) is 4.86. The molecule has 1 fully saturated rings. The lowest BCUT2D eigenvalue weighted by Crippen LogP contribution is -2.49. The van der Waals surface area contributed by atoms with E-state index >= 15 is 0 Å². The number of aromatic nitrogens is 2. The van der Waals surface area contributed by atoms with Gasteiger partial charge in [0.05, 0.1) is 37.5 Å². The van der Waals surface area contributed by atoms with E-state index in [1.165, 1.54) is 13.2 Å². The van der Waals surface area contributed by atoms with Gasteiger partial charge in [-0.3, -0.25) is 9.48 Å². The molecule has 0 spiro atoms. The van der Waals surface area contributed by atoms with Crippen LogP contribution in [0.15, 0.2) is 18.2 Å². The number of nitrogens with zero attached hydrogens (tertiary/aromatic N) is 4. The van der Waals surface area contributed by atoms with E-state index in [2.05, 4.69) is 5.10 Å². The number of hydrogen-bond donors (Lipinski definition) is 0. The SMILES string of the molecule is COC(=O)[C@H]1CC[C@H](N(C)C(=O)N2CCc3c(C)nn(Cc4ccc(Cl)cc4F)c3C2)CC1. The predicted octanol–water partition coefficient (Wildman–Crippen LogP) is 4.17. The van der Waals surface area contributed by atoms with Crippen LogP contribution in [0.4, 0.5) is 9.18 Å². The van der Waals surface area contributed by atoms with Crippen LogP contribution in [-0.2, 0) is 29.0 Å². The summed E-state index contributed by atoms with van der Waals surface area (Å²) in [5.41, 5.74) is 3.51. The predicted molar refractivity (Wildman–Crippen MR) is 123 cm³/mol.